The molecule has 70 valence electrons. The van der Waals surface area contributed by atoms with E-state index >= 15 is 0 Å². The molecule has 0 spiro atoms. The van der Waals surface area contributed by atoms with Crippen molar-refractivity contribution in [3.8, 4) is 0 Å². The van der Waals surface area contributed by atoms with Crippen molar-refractivity contribution in [1.29, 1.82) is 0 Å². The van der Waals surface area contributed by atoms with Crippen molar-refractivity contribution in [2.75, 3.05) is 26.7 Å². The molecule has 1 aliphatic heterocycles. The monoisotopic (exact) mass is 170 g/mol. The molecule has 1 aliphatic carbocycles. The fraction of sp³-hybridized carbons (Fsp3) is 1.00. The molecule has 0 bridgehead atoms. The molecule has 1 saturated heterocycles. The molecule has 1 heterocycles. The highest BCUT2D eigenvalue weighted by atomic mass is 16.5. The lowest BCUT2D eigenvalue weighted by molar-refractivity contribution is 0.0158. The van der Waals surface area contributed by atoms with Crippen LogP contribution in [0.5, 0.6) is 0 Å². The van der Waals surface area contributed by atoms with Crippen molar-refractivity contribution in [3.63, 3.8) is 0 Å². The van der Waals surface area contributed by atoms with Crippen LogP contribution in [0, 0.1) is 5.92 Å². The van der Waals surface area contributed by atoms with E-state index in [1.54, 1.807) is 7.11 Å². The number of nitrogens with one attached hydrogen (secondary N) is 2. The van der Waals surface area contributed by atoms with Gasteiger partial charge >= 0.3 is 0 Å². The molecular formula is C9H18N2O. The molecule has 0 amide bonds. The average molecular weight is 170 g/mol. The van der Waals surface area contributed by atoms with Gasteiger partial charge < -0.3 is 15.4 Å². The molecule has 2 rings (SSSR count). The Bertz CT molecular complexity index is 141. The van der Waals surface area contributed by atoms with Crippen molar-refractivity contribution in [2.45, 2.75) is 25.0 Å². The molecule has 0 radical (unpaired) electrons. The quantitative estimate of drug-likeness (QED) is 0.622. The molecule has 2 fully saturated rings. The number of methoxy groups -OCH3 is 1. The zero-order valence-corrected chi connectivity index (χ0v) is 7.68. The average Bonchev–Trinajstić information content (AvgIpc) is 1.90. The first-order valence-electron chi connectivity index (χ1n) is 4.85. The summed E-state index contributed by atoms with van der Waals surface area (Å²) in [6, 6.07) is 0.732. The Morgan fingerprint density at radius 3 is 2.67 bits per heavy atom. The van der Waals surface area contributed by atoms with Crippen molar-refractivity contribution >= 4 is 0 Å². The van der Waals surface area contributed by atoms with Gasteiger partial charge in [0.25, 0.3) is 0 Å². The van der Waals surface area contributed by atoms with E-state index < -0.39 is 0 Å². The van der Waals surface area contributed by atoms with Crippen LogP contribution in [0.3, 0.4) is 0 Å². The largest absolute Gasteiger partial charge is 0.381 e. The lowest BCUT2D eigenvalue weighted by Gasteiger charge is -2.37. The topological polar surface area (TPSA) is 33.3 Å². The number of hydrogen-bond acceptors (Lipinski definition) is 3. The first-order chi connectivity index (χ1) is 5.88. The van der Waals surface area contributed by atoms with Crippen molar-refractivity contribution < 1.29 is 4.74 Å². The van der Waals surface area contributed by atoms with Crippen LogP contribution >= 0.6 is 0 Å². The van der Waals surface area contributed by atoms with Gasteiger partial charge in [0, 0.05) is 32.8 Å². The maximum absolute atomic E-state index is 5.21. The van der Waals surface area contributed by atoms with Crippen molar-refractivity contribution in [2.24, 2.45) is 5.92 Å². The summed E-state index contributed by atoms with van der Waals surface area (Å²) in [6.07, 6.45) is 2.94. The number of hydrogen-bond donors (Lipinski definition) is 2. The van der Waals surface area contributed by atoms with E-state index in [-0.39, 0.29) is 0 Å². The standard InChI is InChI=1S/C9H18N2O/c1-12-9-2-8(3-9)11-6-7-4-10-5-7/h7-11H,2-6H2,1H3. The highest BCUT2D eigenvalue weighted by Gasteiger charge is 2.29. The van der Waals surface area contributed by atoms with Crippen LogP contribution in [0.4, 0.5) is 0 Å². The zero-order chi connectivity index (χ0) is 8.39. The summed E-state index contributed by atoms with van der Waals surface area (Å²) < 4.78 is 5.21. The van der Waals surface area contributed by atoms with E-state index in [1.807, 2.05) is 0 Å². The smallest absolute Gasteiger partial charge is 0.0601 e. The van der Waals surface area contributed by atoms with Crippen LogP contribution in [0.25, 0.3) is 0 Å². The summed E-state index contributed by atoms with van der Waals surface area (Å²) in [5.74, 6) is 0.881. The van der Waals surface area contributed by atoms with Gasteiger partial charge in [0.15, 0.2) is 0 Å². The molecule has 3 heteroatoms. The normalized spacial score (nSPS) is 35.8. The maximum atomic E-state index is 5.21. The van der Waals surface area contributed by atoms with Crippen molar-refractivity contribution in [1.82, 2.24) is 10.6 Å². The Morgan fingerprint density at radius 2 is 2.17 bits per heavy atom. The van der Waals surface area contributed by atoms with Gasteiger partial charge in [-0.3, -0.25) is 0 Å². The Morgan fingerprint density at radius 1 is 1.42 bits per heavy atom. The molecule has 2 N–H and O–H groups in total. The van der Waals surface area contributed by atoms with E-state index in [4.69, 9.17) is 4.74 Å². The van der Waals surface area contributed by atoms with Gasteiger partial charge in [-0.25, -0.2) is 0 Å². The van der Waals surface area contributed by atoms with Crippen LogP contribution in [0.2, 0.25) is 0 Å². The Balaban J connectivity index is 1.51. The summed E-state index contributed by atoms with van der Waals surface area (Å²) in [6.45, 7) is 3.59. The first-order valence-corrected chi connectivity index (χ1v) is 4.85. The second-order valence-corrected chi connectivity index (χ2v) is 3.96. The minimum atomic E-state index is 0.530. The van der Waals surface area contributed by atoms with E-state index in [0.717, 1.165) is 12.0 Å². The molecule has 0 aromatic heterocycles. The summed E-state index contributed by atoms with van der Waals surface area (Å²) in [5, 5.41) is 6.84. The third-order valence-corrected chi connectivity index (χ3v) is 2.99. The summed E-state index contributed by atoms with van der Waals surface area (Å²) in [4.78, 5) is 0. The molecule has 3 nitrogen and oxygen atoms in total. The third kappa shape index (κ3) is 1.79. The van der Waals surface area contributed by atoms with Gasteiger partial charge in [0.1, 0.15) is 0 Å². The minimum absolute atomic E-state index is 0.530. The highest BCUT2D eigenvalue weighted by Crippen LogP contribution is 2.22. The lowest BCUT2D eigenvalue weighted by atomic mass is 9.88. The number of rotatable bonds is 4. The van der Waals surface area contributed by atoms with Crippen LogP contribution in [0.1, 0.15) is 12.8 Å². The lowest BCUT2D eigenvalue weighted by Crippen LogP contribution is -2.52. The van der Waals surface area contributed by atoms with Gasteiger partial charge in [-0.1, -0.05) is 0 Å². The highest BCUT2D eigenvalue weighted by molar-refractivity contribution is 4.87. The van der Waals surface area contributed by atoms with Crippen LogP contribution in [-0.2, 0) is 4.74 Å². The second-order valence-electron chi connectivity index (χ2n) is 3.96. The Labute approximate surface area is 73.9 Å². The molecule has 1 saturated carbocycles. The predicted octanol–water partition coefficient (Wildman–Crippen LogP) is -0.0272. The Kier molecular flexibility index (Phi) is 2.63. The van der Waals surface area contributed by atoms with E-state index in [9.17, 15) is 0 Å². The number of ether oxygens (including phenoxy) is 1. The van der Waals surface area contributed by atoms with Gasteiger partial charge in [-0.2, -0.15) is 0 Å². The molecule has 12 heavy (non-hydrogen) atoms. The molecule has 2 aliphatic rings. The molecule has 0 atom stereocenters. The molecule has 0 aromatic carbocycles. The Hall–Kier alpha value is -0.120. The zero-order valence-electron chi connectivity index (χ0n) is 7.68. The van der Waals surface area contributed by atoms with E-state index in [2.05, 4.69) is 10.6 Å². The molecule has 0 unspecified atom stereocenters. The van der Waals surface area contributed by atoms with Crippen LogP contribution < -0.4 is 10.6 Å². The second kappa shape index (κ2) is 3.73. The molecule has 0 aromatic rings. The summed E-state index contributed by atoms with van der Waals surface area (Å²) in [5.41, 5.74) is 0. The molecular weight excluding hydrogens is 152 g/mol. The minimum Gasteiger partial charge on any atom is -0.381 e. The van der Waals surface area contributed by atoms with Crippen LogP contribution in [-0.4, -0.2) is 38.9 Å². The van der Waals surface area contributed by atoms with E-state index in [0.29, 0.717) is 6.10 Å². The van der Waals surface area contributed by atoms with Gasteiger partial charge in [-0.05, 0) is 18.8 Å². The SMILES string of the molecule is COC1CC(NCC2CNC2)C1. The van der Waals surface area contributed by atoms with E-state index in [1.165, 1.54) is 32.5 Å². The van der Waals surface area contributed by atoms with Crippen molar-refractivity contribution in [3.05, 3.63) is 0 Å². The van der Waals surface area contributed by atoms with Gasteiger partial charge in [0.2, 0.25) is 0 Å². The maximum Gasteiger partial charge on any atom is 0.0601 e. The fourth-order valence-electron chi connectivity index (χ4n) is 1.75. The van der Waals surface area contributed by atoms with Crippen LogP contribution in [0.15, 0.2) is 0 Å². The summed E-state index contributed by atoms with van der Waals surface area (Å²) in [7, 11) is 1.80. The first kappa shape index (κ1) is 8.48. The summed E-state index contributed by atoms with van der Waals surface area (Å²) >= 11 is 0. The fourth-order valence-corrected chi connectivity index (χ4v) is 1.75. The third-order valence-electron chi connectivity index (χ3n) is 2.99. The predicted molar refractivity (Wildman–Crippen MR) is 48.2 cm³/mol. The van der Waals surface area contributed by atoms with Gasteiger partial charge in [-0.15, -0.1) is 0 Å². The van der Waals surface area contributed by atoms with Gasteiger partial charge in [0.05, 0.1) is 6.10 Å².